The van der Waals surface area contributed by atoms with Gasteiger partial charge in [0.1, 0.15) is 0 Å². The van der Waals surface area contributed by atoms with Gasteiger partial charge in [-0.1, -0.05) is 98.3 Å². The molecule has 0 heterocycles. The van der Waals surface area contributed by atoms with Gasteiger partial charge in [-0.25, -0.2) is 0 Å². The highest BCUT2D eigenvalue weighted by Crippen LogP contribution is 2.38. The summed E-state index contributed by atoms with van der Waals surface area (Å²) in [7, 11) is 0. The smallest absolute Gasteiger partial charge is 0.306 e. The molecule has 0 saturated heterocycles. The zero-order valence-electron chi connectivity index (χ0n) is 21.4. The third-order valence-electron chi connectivity index (χ3n) is 6.22. The molecule has 0 aliphatic heterocycles. The summed E-state index contributed by atoms with van der Waals surface area (Å²) in [6, 6.07) is 17.5. The van der Waals surface area contributed by atoms with Crippen LogP contribution in [0.25, 0.3) is 0 Å². The summed E-state index contributed by atoms with van der Waals surface area (Å²) in [5.41, 5.74) is 5.69. The molecular formula is C32H38O3. The Morgan fingerprint density at radius 3 is 2.37 bits per heavy atom. The summed E-state index contributed by atoms with van der Waals surface area (Å²) < 4.78 is 4.99. The van der Waals surface area contributed by atoms with Crippen molar-refractivity contribution in [1.29, 1.82) is 0 Å². The molecule has 3 heteroatoms. The maximum Gasteiger partial charge on any atom is 0.306 e. The van der Waals surface area contributed by atoms with Gasteiger partial charge in [0.25, 0.3) is 0 Å². The van der Waals surface area contributed by atoms with Crippen molar-refractivity contribution in [2.24, 2.45) is 5.41 Å². The molecule has 1 aliphatic rings. The highest BCUT2D eigenvalue weighted by Gasteiger charge is 2.24. The molecule has 0 bridgehead atoms. The monoisotopic (exact) mass is 470 g/mol. The molecule has 0 amide bonds. The third-order valence-corrected chi connectivity index (χ3v) is 6.22. The lowest BCUT2D eigenvalue weighted by Gasteiger charge is -2.30. The zero-order valence-corrected chi connectivity index (χ0v) is 21.4. The Balaban J connectivity index is 1.50. The fourth-order valence-electron chi connectivity index (χ4n) is 4.59. The first-order chi connectivity index (χ1) is 16.9. The second kappa shape index (κ2) is 13.0. The number of unbranched alkanes of at least 4 members (excludes halogenated alkanes) is 1. The van der Waals surface area contributed by atoms with Crippen LogP contribution in [0.15, 0.2) is 90.0 Å². The van der Waals surface area contributed by atoms with Crippen molar-refractivity contribution in [2.45, 2.75) is 65.7 Å². The first-order valence-electron chi connectivity index (χ1n) is 12.8. The highest BCUT2D eigenvalue weighted by atomic mass is 16.5. The van der Waals surface area contributed by atoms with Crippen LogP contribution in [0, 0.1) is 5.41 Å². The van der Waals surface area contributed by atoms with Crippen molar-refractivity contribution < 1.29 is 14.3 Å². The predicted molar refractivity (Wildman–Crippen MR) is 143 cm³/mol. The highest BCUT2D eigenvalue weighted by molar-refractivity contribution is 6.08. The van der Waals surface area contributed by atoms with E-state index in [9.17, 15) is 9.59 Å². The first kappa shape index (κ1) is 26.4. The van der Waals surface area contributed by atoms with Gasteiger partial charge < -0.3 is 4.74 Å². The number of ether oxygens (including phenoxy) is 1. The molecular weight excluding hydrogens is 432 g/mol. The lowest BCUT2D eigenvalue weighted by Crippen LogP contribution is -2.16. The molecule has 3 rings (SSSR count). The number of hydrogen-bond donors (Lipinski definition) is 0. The van der Waals surface area contributed by atoms with Gasteiger partial charge in [-0.2, -0.15) is 0 Å². The molecule has 2 aromatic carbocycles. The number of hydrogen-bond acceptors (Lipinski definition) is 3. The number of esters is 1. The number of aryl methyl sites for hydroxylation is 1. The molecule has 0 atom stereocenters. The van der Waals surface area contributed by atoms with E-state index in [4.69, 9.17) is 4.74 Å². The predicted octanol–water partition coefficient (Wildman–Crippen LogP) is 7.81. The van der Waals surface area contributed by atoms with Gasteiger partial charge in [0.2, 0.25) is 0 Å². The summed E-state index contributed by atoms with van der Waals surface area (Å²) in [6.45, 7) is 6.91. The SMILES string of the molecule is CCOC(=O)CC/C=C/C1=CC(=C/CCCc2ccc(C(=O)c3ccccc3)cc2)/CC(C)(C)C1. The molecule has 0 aromatic heterocycles. The minimum atomic E-state index is -0.131. The van der Waals surface area contributed by atoms with Gasteiger partial charge in [-0.15, -0.1) is 0 Å². The second-order valence-corrected chi connectivity index (χ2v) is 10.0. The standard InChI is InChI=1S/C32H38O3/c1-4-35-30(33)17-11-10-14-27-22-26(23-32(2,3)24-27)13-9-8-12-25-18-20-29(21-19-25)31(34)28-15-6-5-7-16-28/h5-7,10,13-16,18-22H,4,8-9,11-12,17,23-24H2,1-3H3/b14-10+,26-13-. The van der Waals surface area contributed by atoms with Gasteiger partial charge >= 0.3 is 5.97 Å². The van der Waals surface area contributed by atoms with Crippen LogP contribution in [0.4, 0.5) is 0 Å². The average Bonchev–Trinajstić information content (AvgIpc) is 2.84. The van der Waals surface area contributed by atoms with E-state index in [0.29, 0.717) is 19.4 Å². The van der Waals surface area contributed by atoms with E-state index < -0.39 is 0 Å². The van der Waals surface area contributed by atoms with Crippen molar-refractivity contribution in [3.05, 3.63) is 107 Å². The van der Waals surface area contributed by atoms with Gasteiger partial charge in [0.05, 0.1) is 6.61 Å². The van der Waals surface area contributed by atoms with Crippen molar-refractivity contribution >= 4 is 11.8 Å². The van der Waals surface area contributed by atoms with Crippen molar-refractivity contribution in [3.63, 3.8) is 0 Å². The second-order valence-electron chi connectivity index (χ2n) is 10.0. The molecule has 1 aliphatic carbocycles. The third kappa shape index (κ3) is 8.83. The number of ketones is 1. The largest absolute Gasteiger partial charge is 0.466 e. The molecule has 0 spiro atoms. The molecule has 3 nitrogen and oxygen atoms in total. The van der Waals surface area contributed by atoms with E-state index in [-0.39, 0.29) is 17.2 Å². The first-order valence-corrected chi connectivity index (χ1v) is 12.8. The summed E-state index contributed by atoms with van der Waals surface area (Å²) in [5.74, 6) is -0.0625. The van der Waals surface area contributed by atoms with Crippen LogP contribution in [0.5, 0.6) is 0 Å². The van der Waals surface area contributed by atoms with Crippen LogP contribution in [-0.2, 0) is 16.0 Å². The fraction of sp³-hybridized carbons (Fsp3) is 0.375. The van der Waals surface area contributed by atoms with E-state index in [0.717, 1.165) is 43.2 Å². The minimum absolute atomic E-state index is 0.0688. The molecule has 0 fully saturated rings. The number of allylic oxidation sites excluding steroid dienone is 6. The minimum Gasteiger partial charge on any atom is -0.466 e. The Hall–Kier alpha value is -3.20. The lowest BCUT2D eigenvalue weighted by molar-refractivity contribution is -0.143. The van der Waals surface area contributed by atoms with E-state index in [1.807, 2.05) is 49.4 Å². The number of carbonyl (C=O) groups is 2. The topological polar surface area (TPSA) is 43.4 Å². The van der Waals surface area contributed by atoms with Crippen molar-refractivity contribution in [2.75, 3.05) is 6.61 Å². The normalized spacial score (nSPS) is 16.3. The summed E-state index contributed by atoms with van der Waals surface area (Å²) in [5, 5.41) is 0. The molecule has 0 N–H and O–H groups in total. The number of benzene rings is 2. The van der Waals surface area contributed by atoms with E-state index in [2.05, 4.69) is 50.3 Å². The van der Waals surface area contributed by atoms with Crippen molar-refractivity contribution in [3.8, 4) is 0 Å². The summed E-state index contributed by atoms with van der Waals surface area (Å²) in [4.78, 5) is 24.1. The average molecular weight is 471 g/mol. The molecule has 2 aromatic rings. The molecule has 184 valence electrons. The Morgan fingerprint density at radius 2 is 1.66 bits per heavy atom. The van der Waals surface area contributed by atoms with Crippen LogP contribution in [-0.4, -0.2) is 18.4 Å². The lowest BCUT2D eigenvalue weighted by atomic mass is 9.75. The van der Waals surface area contributed by atoms with Gasteiger partial charge in [0, 0.05) is 17.5 Å². The molecule has 0 unspecified atom stereocenters. The van der Waals surface area contributed by atoms with Crippen LogP contribution >= 0.6 is 0 Å². The van der Waals surface area contributed by atoms with Crippen LogP contribution in [0.2, 0.25) is 0 Å². The Bertz CT molecular complexity index is 1070. The maximum absolute atomic E-state index is 12.6. The Kier molecular flexibility index (Phi) is 9.84. The Labute approximate surface area is 210 Å². The Morgan fingerprint density at radius 1 is 0.943 bits per heavy atom. The molecule has 0 saturated carbocycles. The van der Waals surface area contributed by atoms with Crippen LogP contribution in [0.3, 0.4) is 0 Å². The van der Waals surface area contributed by atoms with E-state index in [1.54, 1.807) is 0 Å². The van der Waals surface area contributed by atoms with E-state index in [1.165, 1.54) is 16.7 Å². The maximum atomic E-state index is 12.6. The molecule has 0 radical (unpaired) electrons. The quantitative estimate of drug-likeness (QED) is 0.191. The summed E-state index contributed by atoms with van der Waals surface area (Å²) in [6.07, 6.45) is 15.4. The summed E-state index contributed by atoms with van der Waals surface area (Å²) >= 11 is 0. The van der Waals surface area contributed by atoms with Gasteiger partial charge in [-0.3, -0.25) is 9.59 Å². The van der Waals surface area contributed by atoms with Gasteiger partial charge in [-0.05, 0) is 62.0 Å². The van der Waals surface area contributed by atoms with Crippen molar-refractivity contribution in [1.82, 2.24) is 0 Å². The number of carbonyl (C=O) groups excluding carboxylic acids is 2. The van der Waals surface area contributed by atoms with Gasteiger partial charge in [0.15, 0.2) is 5.78 Å². The van der Waals surface area contributed by atoms with Crippen LogP contribution in [0.1, 0.15) is 80.8 Å². The van der Waals surface area contributed by atoms with Crippen LogP contribution < -0.4 is 0 Å². The van der Waals surface area contributed by atoms with E-state index >= 15 is 0 Å². The fourth-order valence-corrected chi connectivity index (χ4v) is 4.59. The zero-order chi connectivity index (χ0) is 25.1. The number of rotatable bonds is 11. The molecule has 35 heavy (non-hydrogen) atoms.